The summed E-state index contributed by atoms with van der Waals surface area (Å²) < 4.78 is 3.97. The molecular weight excluding hydrogens is 279 g/mol. The van der Waals surface area contributed by atoms with Gasteiger partial charge in [-0.15, -0.1) is 0 Å². The molecule has 68 valence electrons. The van der Waals surface area contributed by atoms with Crippen molar-refractivity contribution in [2.45, 2.75) is 13.8 Å². The van der Waals surface area contributed by atoms with Crippen LogP contribution in [0.5, 0.6) is 0 Å². The second kappa shape index (κ2) is 4.45. The van der Waals surface area contributed by atoms with E-state index in [0.29, 0.717) is 5.69 Å². The van der Waals surface area contributed by atoms with Crippen molar-refractivity contribution < 1.29 is 4.79 Å². The molecule has 1 heterocycles. The van der Waals surface area contributed by atoms with Gasteiger partial charge in [0.15, 0.2) is 5.78 Å². The Morgan fingerprint density at radius 2 is 2.00 bits per heavy atom. The van der Waals surface area contributed by atoms with Crippen LogP contribution < -0.4 is 0 Å². The van der Waals surface area contributed by atoms with Crippen LogP contribution in [0.4, 0.5) is 0 Å². The molecule has 13 heavy (non-hydrogen) atoms. The minimum Gasteiger partial charge on any atom is -0.293 e. The van der Waals surface area contributed by atoms with E-state index >= 15 is 0 Å². The SMILES string of the molecule is CC(=O)c1cccc(/C(C)=N/I)n1. The number of hydrogen-bond acceptors (Lipinski definition) is 3. The molecule has 1 rings (SSSR count). The van der Waals surface area contributed by atoms with Gasteiger partial charge in [0.05, 0.1) is 34.3 Å². The minimum atomic E-state index is -0.0249. The highest BCUT2D eigenvalue weighted by Gasteiger charge is 2.03. The van der Waals surface area contributed by atoms with Gasteiger partial charge in [-0.25, -0.2) is 8.19 Å². The van der Waals surface area contributed by atoms with E-state index in [9.17, 15) is 4.79 Å². The predicted octanol–water partition coefficient (Wildman–Crippen LogP) is 2.44. The van der Waals surface area contributed by atoms with Crippen LogP contribution in [-0.4, -0.2) is 16.5 Å². The maximum absolute atomic E-state index is 11.0. The summed E-state index contributed by atoms with van der Waals surface area (Å²) in [5.74, 6) is -0.0249. The molecule has 4 heteroatoms. The molecule has 0 aliphatic rings. The molecule has 0 amide bonds. The largest absolute Gasteiger partial charge is 0.293 e. The summed E-state index contributed by atoms with van der Waals surface area (Å²) in [6, 6.07) is 5.35. The number of rotatable bonds is 2. The van der Waals surface area contributed by atoms with Crippen molar-refractivity contribution in [2.75, 3.05) is 0 Å². The van der Waals surface area contributed by atoms with Gasteiger partial charge >= 0.3 is 0 Å². The second-order valence-corrected chi connectivity index (χ2v) is 3.12. The van der Waals surface area contributed by atoms with Gasteiger partial charge in [-0.05, 0) is 19.1 Å². The lowest BCUT2D eigenvalue weighted by Gasteiger charge is -1.99. The lowest BCUT2D eigenvalue weighted by atomic mass is 10.2. The molecule has 0 bridgehead atoms. The Morgan fingerprint density at radius 3 is 2.54 bits per heavy atom. The molecule has 0 radical (unpaired) electrons. The summed E-state index contributed by atoms with van der Waals surface area (Å²) in [4.78, 5) is 15.2. The molecule has 0 spiro atoms. The number of Topliss-reactive ketones (excluding diaryl/α,β-unsaturated/α-hetero) is 1. The zero-order chi connectivity index (χ0) is 9.84. The lowest BCUT2D eigenvalue weighted by molar-refractivity contribution is 0.101. The smallest absolute Gasteiger partial charge is 0.178 e. The highest BCUT2D eigenvalue weighted by Crippen LogP contribution is 2.03. The van der Waals surface area contributed by atoms with Gasteiger partial charge in [-0.1, -0.05) is 6.07 Å². The molecule has 0 aromatic carbocycles. The molecular formula is C9H9IN2O. The van der Waals surface area contributed by atoms with Crippen LogP contribution in [-0.2, 0) is 0 Å². The molecule has 0 saturated carbocycles. The molecule has 3 nitrogen and oxygen atoms in total. The van der Waals surface area contributed by atoms with E-state index in [1.807, 2.05) is 41.9 Å². The average molecular weight is 288 g/mol. The third-order valence-corrected chi connectivity index (χ3v) is 2.33. The molecule has 0 aliphatic heterocycles. The Morgan fingerprint density at radius 1 is 1.38 bits per heavy atom. The molecule has 0 aliphatic carbocycles. The Kier molecular flexibility index (Phi) is 3.53. The Balaban J connectivity index is 3.13. The monoisotopic (exact) mass is 288 g/mol. The molecule has 1 aromatic heterocycles. The van der Waals surface area contributed by atoms with Crippen molar-refractivity contribution in [2.24, 2.45) is 3.21 Å². The summed E-state index contributed by atoms with van der Waals surface area (Å²) in [5.41, 5.74) is 2.06. The van der Waals surface area contributed by atoms with E-state index < -0.39 is 0 Å². The van der Waals surface area contributed by atoms with E-state index in [1.165, 1.54) is 6.92 Å². The third kappa shape index (κ3) is 2.58. The fourth-order valence-electron chi connectivity index (χ4n) is 0.876. The van der Waals surface area contributed by atoms with Crippen molar-refractivity contribution >= 4 is 34.4 Å². The number of nitrogens with zero attached hydrogens (tertiary/aromatic N) is 2. The molecule has 0 atom stereocenters. The van der Waals surface area contributed by atoms with Gasteiger partial charge in [0.2, 0.25) is 0 Å². The molecule has 0 fully saturated rings. The van der Waals surface area contributed by atoms with Crippen molar-refractivity contribution in [1.29, 1.82) is 0 Å². The number of pyridine rings is 1. The van der Waals surface area contributed by atoms with E-state index in [4.69, 9.17) is 0 Å². The Hall–Kier alpha value is -0.780. The maximum atomic E-state index is 11.0. The zero-order valence-corrected chi connectivity index (χ0v) is 9.57. The fourth-order valence-corrected chi connectivity index (χ4v) is 1.12. The van der Waals surface area contributed by atoms with Crippen molar-refractivity contribution in [3.05, 3.63) is 29.6 Å². The van der Waals surface area contributed by atoms with Crippen LogP contribution in [0.25, 0.3) is 0 Å². The summed E-state index contributed by atoms with van der Waals surface area (Å²) in [6.45, 7) is 3.36. The first-order valence-electron chi connectivity index (χ1n) is 3.79. The average Bonchev–Trinajstić information content (AvgIpc) is 2.17. The van der Waals surface area contributed by atoms with Crippen LogP contribution in [0.3, 0.4) is 0 Å². The first-order chi connectivity index (χ1) is 6.15. The van der Waals surface area contributed by atoms with Crippen LogP contribution in [0.15, 0.2) is 21.4 Å². The molecule has 1 aromatic rings. The van der Waals surface area contributed by atoms with Gasteiger partial charge in [0.25, 0.3) is 0 Å². The number of carbonyl (C=O) groups is 1. The van der Waals surface area contributed by atoms with Crippen LogP contribution in [0.1, 0.15) is 30.0 Å². The second-order valence-electron chi connectivity index (χ2n) is 2.63. The van der Waals surface area contributed by atoms with E-state index in [0.717, 1.165) is 11.4 Å². The van der Waals surface area contributed by atoms with Gasteiger partial charge < -0.3 is 0 Å². The molecule has 0 saturated heterocycles. The maximum Gasteiger partial charge on any atom is 0.178 e. The quantitative estimate of drug-likeness (QED) is 0.476. The number of halogens is 1. The molecule has 0 unspecified atom stereocenters. The van der Waals surface area contributed by atoms with E-state index in [2.05, 4.69) is 8.19 Å². The Bertz CT molecular complexity index is 360. The lowest BCUT2D eigenvalue weighted by Crippen LogP contribution is -2.03. The summed E-state index contributed by atoms with van der Waals surface area (Å²) in [7, 11) is 0. The summed E-state index contributed by atoms with van der Waals surface area (Å²) in [6.07, 6.45) is 0. The first-order valence-corrected chi connectivity index (χ1v) is 4.75. The van der Waals surface area contributed by atoms with Gasteiger partial charge in [-0.2, -0.15) is 0 Å². The predicted molar refractivity (Wildman–Crippen MR) is 60.5 cm³/mol. The van der Waals surface area contributed by atoms with Crippen molar-refractivity contribution in [3.8, 4) is 0 Å². The molecule has 0 N–H and O–H groups in total. The van der Waals surface area contributed by atoms with Gasteiger partial charge in [0, 0.05) is 6.92 Å². The van der Waals surface area contributed by atoms with Crippen molar-refractivity contribution in [3.63, 3.8) is 0 Å². The minimum absolute atomic E-state index is 0.0249. The van der Waals surface area contributed by atoms with Crippen LogP contribution in [0, 0.1) is 0 Å². The number of ketones is 1. The summed E-state index contributed by atoms with van der Waals surface area (Å²) in [5, 5.41) is 0. The van der Waals surface area contributed by atoms with Crippen LogP contribution >= 0.6 is 22.9 Å². The van der Waals surface area contributed by atoms with E-state index in [-0.39, 0.29) is 5.78 Å². The first kappa shape index (κ1) is 10.3. The highest BCUT2D eigenvalue weighted by molar-refractivity contribution is 14.1. The van der Waals surface area contributed by atoms with Gasteiger partial charge in [0.1, 0.15) is 5.69 Å². The standard InChI is InChI=1S/C9H9IN2O/c1-6(12-10)8-4-3-5-9(11-8)7(2)13/h3-5H,1-2H3/b12-6+. The van der Waals surface area contributed by atoms with Crippen molar-refractivity contribution in [1.82, 2.24) is 4.98 Å². The van der Waals surface area contributed by atoms with Gasteiger partial charge in [-0.3, -0.25) is 4.79 Å². The number of hydrogen-bond donors (Lipinski definition) is 0. The number of aromatic nitrogens is 1. The highest BCUT2D eigenvalue weighted by atomic mass is 127. The third-order valence-electron chi connectivity index (χ3n) is 1.61. The fraction of sp³-hybridized carbons (Fsp3) is 0.222. The topological polar surface area (TPSA) is 42.3 Å². The summed E-state index contributed by atoms with van der Waals surface area (Å²) >= 11 is 1.91. The van der Waals surface area contributed by atoms with E-state index in [1.54, 1.807) is 6.07 Å². The number of carbonyl (C=O) groups excluding carboxylic acids is 1. The zero-order valence-electron chi connectivity index (χ0n) is 7.41. The Labute approximate surface area is 90.8 Å². The van der Waals surface area contributed by atoms with Crippen LogP contribution in [0.2, 0.25) is 0 Å². The normalized spacial score (nSPS) is 11.5.